The van der Waals surface area contributed by atoms with E-state index in [0.29, 0.717) is 34.0 Å². The second kappa shape index (κ2) is 6.77. The van der Waals surface area contributed by atoms with Crippen molar-refractivity contribution in [3.8, 4) is 0 Å². The van der Waals surface area contributed by atoms with Gasteiger partial charge in [-0.2, -0.15) is 0 Å². The second-order valence-electron chi connectivity index (χ2n) is 11.8. The summed E-state index contributed by atoms with van der Waals surface area (Å²) >= 11 is 4.30. The van der Waals surface area contributed by atoms with E-state index in [-0.39, 0.29) is 16.7 Å². The molecule has 4 aliphatic carbocycles. The molecule has 5 atom stereocenters. The molecule has 6 aliphatic rings. The van der Waals surface area contributed by atoms with E-state index in [9.17, 15) is 4.79 Å². The van der Waals surface area contributed by atoms with Gasteiger partial charge >= 0.3 is 0 Å². The van der Waals surface area contributed by atoms with Crippen LogP contribution in [0.4, 0.5) is 0 Å². The van der Waals surface area contributed by atoms with Gasteiger partial charge in [0.05, 0.1) is 17.3 Å². The fourth-order valence-corrected chi connectivity index (χ4v) is 11.1. The Morgan fingerprint density at radius 3 is 2.47 bits per heavy atom. The average Bonchev–Trinajstić information content (AvgIpc) is 3.26. The number of hydrogen-bond acceptors (Lipinski definition) is 5. The Bertz CT molecular complexity index is 773. The molecule has 0 aromatic heterocycles. The highest BCUT2D eigenvalue weighted by molar-refractivity contribution is 8.21. The molecule has 2 heterocycles. The lowest BCUT2D eigenvalue weighted by Crippen LogP contribution is -2.60. The molecule has 166 valence electrons. The number of ketones is 1. The van der Waals surface area contributed by atoms with Gasteiger partial charge in [-0.3, -0.25) is 4.79 Å². The first-order valence-electron chi connectivity index (χ1n) is 12.1. The lowest BCUT2D eigenvalue weighted by molar-refractivity contribution is -0.343. The molecule has 0 bridgehead atoms. The third-order valence-electron chi connectivity index (χ3n) is 9.42. The Labute approximate surface area is 189 Å². The maximum Gasteiger partial charge on any atom is 0.174 e. The van der Waals surface area contributed by atoms with E-state index in [4.69, 9.17) is 9.47 Å². The number of ether oxygens (including phenoxy) is 2. The Hall–Kier alpha value is 0.0300. The van der Waals surface area contributed by atoms with Gasteiger partial charge in [-0.15, -0.1) is 23.5 Å². The average molecular weight is 449 g/mol. The summed E-state index contributed by atoms with van der Waals surface area (Å²) < 4.78 is 13.4. The number of hydrogen-bond donors (Lipinski definition) is 0. The van der Waals surface area contributed by atoms with E-state index >= 15 is 0 Å². The molecule has 0 radical (unpaired) electrons. The molecule has 2 aliphatic heterocycles. The molecule has 0 N–H and O–H groups in total. The van der Waals surface area contributed by atoms with Gasteiger partial charge in [0.25, 0.3) is 0 Å². The Kier molecular flexibility index (Phi) is 4.66. The minimum atomic E-state index is -0.530. The summed E-state index contributed by atoms with van der Waals surface area (Å²) in [6.45, 7) is 8.23. The molecular formula is C25H36O3S2. The van der Waals surface area contributed by atoms with E-state index < -0.39 is 5.79 Å². The van der Waals surface area contributed by atoms with E-state index in [1.807, 2.05) is 0 Å². The number of fused-ring (bicyclic) bond motifs is 6. The fraction of sp³-hybridized carbons (Fsp3) is 0.880. The third-order valence-corrected chi connectivity index (χ3v) is 12.8. The van der Waals surface area contributed by atoms with Crippen molar-refractivity contribution in [3.05, 3.63) is 11.6 Å². The Morgan fingerprint density at radius 1 is 1.00 bits per heavy atom. The highest BCUT2D eigenvalue weighted by atomic mass is 32.2. The van der Waals surface area contributed by atoms with Crippen molar-refractivity contribution in [1.82, 2.24) is 0 Å². The SMILES string of the molecule is CC1(C)COC2(CCC3C4CCC5=CC6(CCC5C4C(=O)C[C@@]32C)SCCS6)OC1. The van der Waals surface area contributed by atoms with E-state index in [2.05, 4.69) is 50.4 Å². The quantitative estimate of drug-likeness (QED) is 0.445. The van der Waals surface area contributed by atoms with Crippen molar-refractivity contribution >= 4 is 29.3 Å². The van der Waals surface area contributed by atoms with Crippen LogP contribution in [0, 0.1) is 34.5 Å². The summed E-state index contributed by atoms with van der Waals surface area (Å²) in [4.78, 5) is 13.7. The number of thioether (sulfide) groups is 2. The van der Waals surface area contributed by atoms with Crippen LogP contribution >= 0.6 is 23.5 Å². The molecule has 0 amide bonds. The minimum Gasteiger partial charge on any atom is -0.349 e. The van der Waals surface area contributed by atoms with Gasteiger partial charge in [-0.25, -0.2) is 0 Å². The summed E-state index contributed by atoms with van der Waals surface area (Å²) in [5, 5.41) is 0. The van der Waals surface area contributed by atoms with Crippen molar-refractivity contribution in [1.29, 1.82) is 0 Å². The predicted octanol–water partition coefficient (Wildman–Crippen LogP) is 5.68. The van der Waals surface area contributed by atoms with Gasteiger partial charge in [0.1, 0.15) is 5.78 Å². The van der Waals surface area contributed by atoms with Crippen molar-refractivity contribution in [2.75, 3.05) is 24.7 Å². The molecular weight excluding hydrogens is 412 g/mol. The van der Waals surface area contributed by atoms with E-state index in [0.717, 1.165) is 26.1 Å². The van der Waals surface area contributed by atoms with Crippen LogP contribution in [0.25, 0.3) is 0 Å². The van der Waals surface area contributed by atoms with E-state index in [1.165, 1.54) is 37.2 Å². The van der Waals surface area contributed by atoms with Crippen LogP contribution in [0.2, 0.25) is 0 Å². The van der Waals surface area contributed by atoms with Crippen LogP contribution in [0.3, 0.4) is 0 Å². The van der Waals surface area contributed by atoms with Crippen LogP contribution in [-0.4, -0.2) is 40.4 Å². The zero-order valence-corrected chi connectivity index (χ0v) is 20.3. The van der Waals surface area contributed by atoms with Gasteiger partial charge in [-0.05, 0) is 49.9 Å². The normalized spacial score (nSPS) is 45.7. The number of rotatable bonds is 0. The fourth-order valence-electron chi connectivity index (χ4n) is 7.94. The van der Waals surface area contributed by atoms with Gasteiger partial charge in [0.15, 0.2) is 5.79 Å². The topological polar surface area (TPSA) is 35.5 Å². The third kappa shape index (κ3) is 2.83. The maximum atomic E-state index is 13.7. The van der Waals surface area contributed by atoms with Gasteiger partial charge in [0, 0.05) is 41.1 Å². The second-order valence-corrected chi connectivity index (χ2v) is 14.9. The molecule has 4 unspecified atom stereocenters. The molecule has 3 saturated carbocycles. The molecule has 2 saturated heterocycles. The summed E-state index contributed by atoms with van der Waals surface area (Å²) in [5.74, 6) is 4.40. The Morgan fingerprint density at radius 2 is 1.73 bits per heavy atom. The first kappa shape index (κ1) is 20.6. The number of Topliss-reactive ketones (excluding diaryl/α,β-unsaturated/α-hetero) is 1. The smallest absolute Gasteiger partial charge is 0.174 e. The first-order valence-corrected chi connectivity index (χ1v) is 14.0. The van der Waals surface area contributed by atoms with E-state index in [1.54, 1.807) is 5.57 Å². The molecule has 5 fully saturated rings. The van der Waals surface area contributed by atoms with Crippen LogP contribution in [0.5, 0.6) is 0 Å². The zero-order valence-electron chi connectivity index (χ0n) is 18.7. The summed E-state index contributed by atoms with van der Waals surface area (Å²) in [7, 11) is 0. The van der Waals surface area contributed by atoms with Crippen LogP contribution in [0.1, 0.15) is 65.7 Å². The summed E-state index contributed by atoms with van der Waals surface area (Å²) in [6.07, 6.45) is 10.2. The monoisotopic (exact) mass is 448 g/mol. The van der Waals surface area contributed by atoms with Crippen molar-refractivity contribution < 1.29 is 14.3 Å². The largest absolute Gasteiger partial charge is 0.349 e. The molecule has 30 heavy (non-hydrogen) atoms. The zero-order chi connectivity index (χ0) is 20.8. The number of allylic oxidation sites excluding steroid dienone is 1. The van der Waals surface area contributed by atoms with Gasteiger partial charge in [-0.1, -0.05) is 32.4 Å². The van der Waals surface area contributed by atoms with Gasteiger partial charge < -0.3 is 9.47 Å². The molecule has 3 nitrogen and oxygen atoms in total. The molecule has 2 spiro atoms. The lowest BCUT2D eigenvalue weighted by Gasteiger charge is -2.57. The minimum absolute atomic E-state index is 0.0692. The predicted molar refractivity (Wildman–Crippen MR) is 124 cm³/mol. The van der Waals surface area contributed by atoms with Crippen molar-refractivity contribution in [2.45, 2.75) is 75.6 Å². The van der Waals surface area contributed by atoms with Crippen molar-refractivity contribution in [3.63, 3.8) is 0 Å². The highest BCUT2D eigenvalue weighted by Gasteiger charge is 2.68. The van der Waals surface area contributed by atoms with Gasteiger partial charge in [0.2, 0.25) is 0 Å². The Balaban J connectivity index is 1.29. The summed E-state index contributed by atoms with van der Waals surface area (Å²) in [6, 6.07) is 0. The number of carbonyl (C=O) groups is 1. The number of carbonyl (C=O) groups excluding carboxylic acids is 1. The first-order chi connectivity index (χ1) is 14.3. The summed E-state index contributed by atoms with van der Waals surface area (Å²) in [5.41, 5.74) is 1.54. The van der Waals surface area contributed by atoms with Crippen molar-refractivity contribution in [2.24, 2.45) is 34.5 Å². The molecule has 5 heteroatoms. The standard InChI is InChI=1S/C25H36O3S2/c1-22(2)14-27-25(28-15-22)9-7-19-18-5-4-16-12-24(29-10-11-30-24)8-6-17(16)21(18)20(26)13-23(19,25)3/h12,17-19,21H,4-11,13-15H2,1-3H3/t17?,18?,19?,21?,23-/m0/s1. The molecule has 6 rings (SSSR count). The van der Waals surface area contributed by atoms with Crippen LogP contribution < -0.4 is 0 Å². The molecule has 0 aromatic carbocycles. The highest BCUT2D eigenvalue weighted by Crippen LogP contribution is 2.67. The lowest BCUT2D eigenvalue weighted by atomic mass is 9.51. The van der Waals surface area contributed by atoms with Crippen LogP contribution in [0.15, 0.2) is 11.6 Å². The van der Waals surface area contributed by atoms with Crippen LogP contribution in [-0.2, 0) is 14.3 Å². The molecule has 0 aromatic rings. The maximum absolute atomic E-state index is 13.7.